The third-order valence-corrected chi connectivity index (χ3v) is 3.57. The average Bonchev–Trinajstić information content (AvgIpc) is 2.48. The number of hydrogen-bond acceptors (Lipinski definition) is 10. The maximum Gasteiger partial charge on any atom is 0.186 e. The molecule has 2 aliphatic heterocycles. The van der Waals surface area contributed by atoms with E-state index in [1.807, 2.05) is 0 Å². The Morgan fingerprint density at radius 3 is 2.43 bits per heavy atom. The molecule has 0 amide bonds. The van der Waals surface area contributed by atoms with Crippen molar-refractivity contribution < 1.29 is 29.5 Å². The number of rotatable bonds is 5. The Hall–Kier alpha value is -1.04. The Bertz CT molecular complexity index is 370. The highest BCUT2D eigenvalue weighted by atomic mass is 16.7. The minimum atomic E-state index is -1.44. The first kappa shape index (κ1) is 16.3. The zero-order valence-corrected chi connectivity index (χ0v) is 11.1. The highest BCUT2D eigenvalue weighted by Crippen LogP contribution is 2.28. The first-order chi connectivity index (χ1) is 10.1. The third kappa shape index (κ3) is 3.59. The first-order valence-electron chi connectivity index (χ1n) is 6.61. The minimum Gasteiger partial charge on any atom is -0.394 e. The minimum absolute atomic E-state index is 0.189. The molecule has 0 aromatic heterocycles. The van der Waals surface area contributed by atoms with Crippen LogP contribution in [0, 0.1) is 9.81 Å². The molecular formula is C11H18N2O8. The predicted octanol–water partition coefficient (Wildman–Crippen LogP) is -1.50. The van der Waals surface area contributed by atoms with Crippen LogP contribution in [0.1, 0.15) is 6.42 Å². The van der Waals surface area contributed by atoms with Crippen LogP contribution < -0.4 is 0 Å². The summed E-state index contributed by atoms with van der Waals surface area (Å²) in [5.74, 6) is 0. The zero-order valence-electron chi connectivity index (χ0n) is 11.1. The smallest absolute Gasteiger partial charge is 0.186 e. The molecule has 0 aromatic carbocycles. The molecule has 120 valence electrons. The summed E-state index contributed by atoms with van der Waals surface area (Å²) in [7, 11) is 0. The summed E-state index contributed by atoms with van der Waals surface area (Å²) in [6, 6.07) is -2.70. The van der Waals surface area contributed by atoms with Crippen LogP contribution in [0.25, 0.3) is 0 Å². The Kier molecular flexibility index (Phi) is 5.67. The van der Waals surface area contributed by atoms with Gasteiger partial charge in [0.25, 0.3) is 0 Å². The number of aliphatic hydroxyl groups excluding tert-OH is 3. The van der Waals surface area contributed by atoms with Crippen molar-refractivity contribution in [2.24, 2.45) is 10.4 Å². The molecular weight excluding hydrogens is 288 g/mol. The maximum absolute atomic E-state index is 10.9. The van der Waals surface area contributed by atoms with Crippen LogP contribution in [-0.2, 0) is 14.2 Å². The fourth-order valence-corrected chi connectivity index (χ4v) is 2.48. The summed E-state index contributed by atoms with van der Waals surface area (Å²) in [5.41, 5.74) is 0. The van der Waals surface area contributed by atoms with E-state index in [-0.39, 0.29) is 19.6 Å². The zero-order chi connectivity index (χ0) is 15.4. The lowest BCUT2D eigenvalue weighted by molar-refractivity contribution is -0.269. The third-order valence-electron chi connectivity index (χ3n) is 3.57. The van der Waals surface area contributed by atoms with Crippen molar-refractivity contribution in [3.05, 3.63) is 9.81 Å². The number of ether oxygens (including phenoxy) is 3. The SMILES string of the molecule is O=N[C@@H]1[C@@H](O[C@H]2COC[C@@H](O)C2)O[C@@H](CO)[C@H](O)[C@H]1N=O. The second kappa shape index (κ2) is 7.29. The highest BCUT2D eigenvalue weighted by Gasteiger charge is 2.49. The van der Waals surface area contributed by atoms with Gasteiger partial charge in [0.2, 0.25) is 0 Å². The van der Waals surface area contributed by atoms with Crippen molar-refractivity contribution in [1.29, 1.82) is 0 Å². The van der Waals surface area contributed by atoms with Gasteiger partial charge in [-0.1, -0.05) is 10.4 Å². The molecule has 0 aliphatic carbocycles. The van der Waals surface area contributed by atoms with Crippen LogP contribution in [0.3, 0.4) is 0 Å². The van der Waals surface area contributed by atoms with Gasteiger partial charge >= 0.3 is 0 Å². The summed E-state index contributed by atoms with van der Waals surface area (Å²) >= 11 is 0. The van der Waals surface area contributed by atoms with E-state index >= 15 is 0 Å². The van der Waals surface area contributed by atoms with Crippen LogP contribution in [0.5, 0.6) is 0 Å². The molecule has 0 spiro atoms. The number of hydrogen-bond donors (Lipinski definition) is 3. The molecule has 0 saturated carbocycles. The molecule has 10 nitrogen and oxygen atoms in total. The predicted molar refractivity (Wildman–Crippen MR) is 67.2 cm³/mol. The van der Waals surface area contributed by atoms with E-state index in [9.17, 15) is 20.0 Å². The fourth-order valence-electron chi connectivity index (χ4n) is 2.48. The van der Waals surface area contributed by atoms with Gasteiger partial charge < -0.3 is 29.5 Å². The van der Waals surface area contributed by atoms with Crippen molar-refractivity contribution in [3.63, 3.8) is 0 Å². The van der Waals surface area contributed by atoms with Crippen molar-refractivity contribution in [2.45, 2.75) is 49.2 Å². The van der Waals surface area contributed by atoms with Crippen LogP contribution in [0.4, 0.5) is 0 Å². The van der Waals surface area contributed by atoms with Crippen molar-refractivity contribution in [1.82, 2.24) is 0 Å². The van der Waals surface area contributed by atoms with Gasteiger partial charge in [-0.2, -0.15) is 9.81 Å². The molecule has 2 fully saturated rings. The molecule has 2 aliphatic rings. The van der Waals surface area contributed by atoms with Gasteiger partial charge in [0, 0.05) is 6.42 Å². The quantitative estimate of drug-likeness (QED) is 0.520. The van der Waals surface area contributed by atoms with Gasteiger partial charge in [0.15, 0.2) is 18.4 Å². The highest BCUT2D eigenvalue weighted by molar-refractivity contribution is 4.98. The summed E-state index contributed by atoms with van der Waals surface area (Å²) in [6.07, 6.45) is -4.77. The normalized spacial score (nSPS) is 44.2. The molecule has 0 aromatic rings. The fraction of sp³-hybridized carbons (Fsp3) is 1.00. The maximum atomic E-state index is 10.9. The number of nitroso groups, excluding NO2 is 2. The van der Waals surface area contributed by atoms with Crippen LogP contribution in [-0.4, -0.2) is 77.9 Å². The van der Waals surface area contributed by atoms with Crippen molar-refractivity contribution in [3.8, 4) is 0 Å². The van der Waals surface area contributed by atoms with Crippen LogP contribution in [0.2, 0.25) is 0 Å². The van der Waals surface area contributed by atoms with Crippen molar-refractivity contribution in [2.75, 3.05) is 19.8 Å². The second-order valence-electron chi connectivity index (χ2n) is 5.09. The van der Waals surface area contributed by atoms with Gasteiger partial charge in [-0.15, -0.1) is 0 Å². The molecule has 3 N–H and O–H groups in total. The van der Waals surface area contributed by atoms with E-state index in [2.05, 4.69) is 10.4 Å². The second-order valence-corrected chi connectivity index (χ2v) is 5.09. The van der Waals surface area contributed by atoms with Gasteiger partial charge in [-0.05, 0) is 0 Å². The number of aliphatic hydroxyl groups is 3. The Balaban J connectivity index is 2.07. The molecule has 2 saturated heterocycles. The first-order valence-corrected chi connectivity index (χ1v) is 6.61. The van der Waals surface area contributed by atoms with Gasteiger partial charge in [-0.3, -0.25) is 0 Å². The molecule has 2 rings (SSSR count). The lowest BCUT2D eigenvalue weighted by Crippen LogP contribution is -2.58. The molecule has 10 heteroatoms. The van der Waals surface area contributed by atoms with E-state index in [4.69, 9.17) is 19.3 Å². The molecule has 0 bridgehead atoms. The van der Waals surface area contributed by atoms with Gasteiger partial charge in [-0.25, -0.2) is 0 Å². The van der Waals surface area contributed by atoms with Crippen LogP contribution >= 0.6 is 0 Å². The topological polar surface area (TPSA) is 147 Å². The van der Waals surface area contributed by atoms with Gasteiger partial charge in [0.1, 0.15) is 12.2 Å². The van der Waals surface area contributed by atoms with Gasteiger partial charge in [0.05, 0.1) is 32.0 Å². The largest absolute Gasteiger partial charge is 0.394 e. The van der Waals surface area contributed by atoms with E-state index in [1.54, 1.807) is 0 Å². The van der Waals surface area contributed by atoms with Crippen molar-refractivity contribution >= 4 is 0 Å². The average molecular weight is 306 g/mol. The Morgan fingerprint density at radius 1 is 1.14 bits per heavy atom. The lowest BCUT2D eigenvalue weighted by Gasteiger charge is -2.40. The Labute approximate surface area is 119 Å². The monoisotopic (exact) mass is 306 g/mol. The molecule has 21 heavy (non-hydrogen) atoms. The van der Waals surface area contributed by atoms with Crippen LogP contribution in [0.15, 0.2) is 10.4 Å². The van der Waals surface area contributed by atoms with E-state index < -0.39 is 49.4 Å². The van der Waals surface area contributed by atoms with E-state index in [0.717, 1.165) is 0 Å². The molecule has 0 radical (unpaired) electrons. The lowest BCUT2D eigenvalue weighted by atomic mass is 9.95. The van der Waals surface area contributed by atoms with E-state index in [1.165, 1.54) is 0 Å². The van der Waals surface area contributed by atoms with E-state index in [0.29, 0.717) is 0 Å². The standard InChI is InChI=1S/C11H18N2O8/c14-2-7-10(16)8(12-17)9(13-18)11(21-7)20-6-1-5(15)3-19-4-6/h5-11,14-16H,1-4H2/t5-,6+,7-,8-,9-,10-,11-/m0/s1. The Morgan fingerprint density at radius 2 is 1.86 bits per heavy atom. The summed E-state index contributed by atoms with van der Waals surface area (Å²) in [4.78, 5) is 21.7. The molecule has 2 heterocycles. The molecule has 0 unspecified atom stereocenters. The number of nitrogens with zero attached hydrogens (tertiary/aromatic N) is 2. The molecule has 7 atom stereocenters. The summed E-state index contributed by atoms with van der Waals surface area (Å²) in [5, 5.41) is 33.9. The summed E-state index contributed by atoms with van der Waals surface area (Å²) < 4.78 is 15.9. The summed E-state index contributed by atoms with van der Waals surface area (Å²) in [6.45, 7) is -0.187.